The maximum atomic E-state index is 12.6. The summed E-state index contributed by atoms with van der Waals surface area (Å²) in [4.78, 5) is 11.4. The highest BCUT2D eigenvalue weighted by Gasteiger charge is 2.40. The van der Waals surface area contributed by atoms with E-state index in [4.69, 9.17) is 0 Å². The Morgan fingerprint density at radius 3 is 2.42 bits per heavy atom. The summed E-state index contributed by atoms with van der Waals surface area (Å²) in [6.07, 6.45) is -1.10. The number of halogens is 4. The summed E-state index contributed by atoms with van der Waals surface area (Å²) < 4.78 is 38.7. The summed E-state index contributed by atoms with van der Waals surface area (Å²) in [5.74, 6) is 0.731. The van der Waals surface area contributed by atoms with Crippen molar-refractivity contribution in [3.8, 4) is 0 Å². The second-order valence-corrected chi connectivity index (χ2v) is 5.29. The maximum Gasteiger partial charge on any atom is 0.403 e. The van der Waals surface area contributed by atoms with Gasteiger partial charge in [0.2, 0.25) is 0 Å². The predicted molar refractivity (Wildman–Crippen MR) is 69.0 cm³/mol. The number of hydrogen-bond donors (Lipinski definition) is 0. The molecule has 1 unspecified atom stereocenters. The molecular weight excluding hydrogens is 325 g/mol. The smallest absolute Gasteiger partial charge is 0.353 e. The number of alkyl halides is 3. The predicted octanol–water partition coefficient (Wildman–Crippen LogP) is 2.31. The lowest BCUT2D eigenvalue weighted by Gasteiger charge is -2.39. The number of nitrogens with zero attached hydrogens (tertiary/aromatic N) is 4. The van der Waals surface area contributed by atoms with E-state index in [9.17, 15) is 13.2 Å². The third kappa shape index (κ3) is 3.36. The van der Waals surface area contributed by atoms with Gasteiger partial charge in [-0.15, -0.1) is 0 Å². The molecular formula is C11H14BrF3N4. The van der Waals surface area contributed by atoms with Crippen LogP contribution in [-0.4, -0.2) is 53.3 Å². The number of anilines is 1. The quantitative estimate of drug-likeness (QED) is 0.828. The molecule has 8 heteroatoms. The molecule has 1 aromatic heterocycles. The third-order valence-electron chi connectivity index (χ3n) is 3.28. The van der Waals surface area contributed by atoms with Gasteiger partial charge in [0, 0.05) is 32.4 Å². The van der Waals surface area contributed by atoms with E-state index in [0.717, 1.165) is 10.3 Å². The van der Waals surface area contributed by atoms with E-state index >= 15 is 0 Å². The zero-order chi connectivity index (χ0) is 14.0. The lowest BCUT2D eigenvalue weighted by molar-refractivity contribution is -0.179. The second-order valence-electron chi connectivity index (χ2n) is 4.43. The molecule has 0 aromatic carbocycles. The summed E-state index contributed by atoms with van der Waals surface area (Å²) >= 11 is 3.35. The fourth-order valence-corrected chi connectivity index (χ4v) is 2.54. The van der Waals surface area contributed by atoms with Gasteiger partial charge in [0.1, 0.15) is 18.2 Å². The zero-order valence-corrected chi connectivity index (χ0v) is 11.9. The minimum absolute atomic E-state index is 0.372. The molecule has 0 bridgehead atoms. The summed E-state index contributed by atoms with van der Waals surface area (Å²) in [5.41, 5.74) is 0. The summed E-state index contributed by atoms with van der Waals surface area (Å²) in [7, 11) is 0. The molecule has 19 heavy (non-hydrogen) atoms. The van der Waals surface area contributed by atoms with Crippen molar-refractivity contribution in [1.82, 2.24) is 14.9 Å². The number of aromatic nitrogens is 2. The monoisotopic (exact) mass is 338 g/mol. The van der Waals surface area contributed by atoms with Crippen molar-refractivity contribution >= 4 is 21.7 Å². The van der Waals surface area contributed by atoms with Gasteiger partial charge in [-0.1, -0.05) is 0 Å². The molecule has 0 N–H and O–H groups in total. The molecule has 1 aromatic rings. The Morgan fingerprint density at radius 1 is 1.26 bits per heavy atom. The molecule has 1 aliphatic heterocycles. The first kappa shape index (κ1) is 14.5. The Morgan fingerprint density at radius 2 is 1.89 bits per heavy atom. The van der Waals surface area contributed by atoms with Crippen molar-refractivity contribution in [1.29, 1.82) is 0 Å². The molecule has 0 amide bonds. The van der Waals surface area contributed by atoms with Crippen LogP contribution < -0.4 is 4.90 Å². The van der Waals surface area contributed by atoms with Crippen LogP contribution in [0.4, 0.5) is 19.0 Å². The van der Waals surface area contributed by atoms with Crippen molar-refractivity contribution in [3.05, 3.63) is 17.0 Å². The lowest BCUT2D eigenvalue weighted by atomic mass is 10.2. The first-order valence-electron chi connectivity index (χ1n) is 5.91. The van der Waals surface area contributed by atoms with Gasteiger partial charge < -0.3 is 4.90 Å². The van der Waals surface area contributed by atoms with Crippen molar-refractivity contribution < 1.29 is 13.2 Å². The van der Waals surface area contributed by atoms with Gasteiger partial charge in [0.25, 0.3) is 0 Å². The fraction of sp³-hybridized carbons (Fsp3) is 0.636. The Labute approximate surface area is 117 Å². The number of rotatable bonds is 2. The van der Waals surface area contributed by atoms with Crippen LogP contribution >= 0.6 is 15.9 Å². The van der Waals surface area contributed by atoms with Gasteiger partial charge in [-0.2, -0.15) is 13.2 Å². The molecule has 2 rings (SSSR count). The maximum absolute atomic E-state index is 12.6. The average Bonchev–Trinajstić information content (AvgIpc) is 2.38. The van der Waals surface area contributed by atoms with Crippen molar-refractivity contribution in [3.63, 3.8) is 0 Å². The first-order chi connectivity index (χ1) is 8.89. The lowest BCUT2D eigenvalue weighted by Crippen LogP contribution is -2.53. The SMILES string of the molecule is CC(N1CCN(c2ncncc2Br)CC1)C(F)(F)F. The van der Waals surface area contributed by atoms with E-state index in [1.165, 1.54) is 18.2 Å². The van der Waals surface area contributed by atoms with Gasteiger partial charge in [0.15, 0.2) is 0 Å². The van der Waals surface area contributed by atoms with Crippen molar-refractivity contribution in [2.45, 2.75) is 19.1 Å². The van der Waals surface area contributed by atoms with Crippen LogP contribution in [0.2, 0.25) is 0 Å². The normalized spacial score (nSPS) is 19.5. The summed E-state index contributed by atoms with van der Waals surface area (Å²) in [6.45, 7) is 3.00. The third-order valence-corrected chi connectivity index (χ3v) is 3.84. The average molecular weight is 339 g/mol. The molecule has 1 saturated heterocycles. The summed E-state index contributed by atoms with van der Waals surface area (Å²) in [5, 5.41) is 0. The Balaban J connectivity index is 1.98. The molecule has 0 aliphatic carbocycles. The highest BCUT2D eigenvalue weighted by molar-refractivity contribution is 9.10. The van der Waals surface area contributed by atoms with E-state index in [0.29, 0.717) is 26.2 Å². The van der Waals surface area contributed by atoms with Crippen LogP contribution in [0.25, 0.3) is 0 Å². The van der Waals surface area contributed by atoms with Gasteiger partial charge in [-0.3, -0.25) is 4.90 Å². The van der Waals surface area contributed by atoms with E-state index in [-0.39, 0.29) is 0 Å². The van der Waals surface area contributed by atoms with Crippen LogP contribution in [0.5, 0.6) is 0 Å². The highest BCUT2D eigenvalue weighted by atomic mass is 79.9. The van der Waals surface area contributed by atoms with E-state index < -0.39 is 12.2 Å². The van der Waals surface area contributed by atoms with Crippen molar-refractivity contribution in [2.75, 3.05) is 31.1 Å². The van der Waals surface area contributed by atoms with Crippen LogP contribution in [0.1, 0.15) is 6.92 Å². The largest absolute Gasteiger partial charge is 0.403 e. The standard InChI is InChI=1S/C11H14BrF3N4/c1-8(11(13,14)15)18-2-4-19(5-3-18)10-9(12)6-16-7-17-10/h6-8H,2-5H2,1H3. The zero-order valence-electron chi connectivity index (χ0n) is 10.4. The Kier molecular flexibility index (Phi) is 4.29. The van der Waals surface area contributed by atoms with Gasteiger partial charge in [-0.05, 0) is 22.9 Å². The number of hydrogen-bond acceptors (Lipinski definition) is 4. The van der Waals surface area contributed by atoms with Gasteiger partial charge in [-0.25, -0.2) is 9.97 Å². The van der Waals surface area contributed by atoms with Crippen LogP contribution in [-0.2, 0) is 0 Å². The fourth-order valence-electron chi connectivity index (χ4n) is 2.07. The molecule has 2 heterocycles. The minimum atomic E-state index is -4.17. The second kappa shape index (κ2) is 5.62. The first-order valence-corrected chi connectivity index (χ1v) is 6.70. The molecule has 1 fully saturated rings. The molecule has 0 spiro atoms. The van der Waals surface area contributed by atoms with E-state index in [2.05, 4.69) is 25.9 Å². The minimum Gasteiger partial charge on any atom is -0.353 e. The van der Waals surface area contributed by atoms with Gasteiger partial charge >= 0.3 is 6.18 Å². The molecule has 1 aliphatic rings. The topological polar surface area (TPSA) is 32.3 Å². The molecule has 1 atom stereocenters. The van der Waals surface area contributed by atoms with Crippen LogP contribution in [0.15, 0.2) is 17.0 Å². The van der Waals surface area contributed by atoms with Crippen LogP contribution in [0, 0.1) is 0 Å². The molecule has 106 valence electrons. The van der Waals surface area contributed by atoms with E-state index in [1.807, 2.05) is 4.90 Å². The van der Waals surface area contributed by atoms with Gasteiger partial charge in [0.05, 0.1) is 4.47 Å². The number of piperazine rings is 1. The van der Waals surface area contributed by atoms with E-state index in [1.54, 1.807) is 6.20 Å². The van der Waals surface area contributed by atoms with Crippen LogP contribution in [0.3, 0.4) is 0 Å². The molecule has 0 saturated carbocycles. The van der Waals surface area contributed by atoms with Crippen molar-refractivity contribution in [2.24, 2.45) is 0 Å². The highest BCUT2D eigenvalue weighted by Crippen LogP contribution is 2.27. The molecule has 4 nitrogen and oxygen atoms in total. The Bertz CT molecular complexity index is 432. The Hall–Kier alpha value is -0.890. The summed E-state index contributed by atoms with van der Waals surface area (Å²) in [6, 6.07) is -1.40. The molecule has 0 radical (unpaired) electrons.